The van der Waals surface area contributed by atoms with Crippen molar-refractivity contribution in [2.24, 2.45) is 4.99 Å². The number of hydrogen-bond acceptors (Lipinski definition) is 8. The number of halogens is 2. The predicted molar refractivity (Wildman–Crippen MR) is 144 cm³/mol. The quantitative estimate of drug-likeness (QED) is 0.461. The van der Waals surface area contributed by atoms with Crippen LogP contribution in [0.2, 0.25) is 5.02 Å². The lowest BCUT2D eigenvalue weighted by Crippen LogP contribution is -2.43. The van der Waals surface area contributed by atoms with Crippen molar-refractivity contribution in [3.63, 3.8) is 0 Å². The standard InChI is InChI=1S/C26H28ClFN2O6S2/c1-17-22(26(31)36-12-11-30(2)15-18-7-4-3-5-8-18)24(23-19(27)9-6-10-20(23)28)25-21(29-17)16-37(32,33)13-14-38(25,34)35/h3-10,24-25H,11-16H2,1-2H3. The Morgan fingerprint density at radius 3 is 2.50 bits per heavy atom. The zero-order valence-electron chi connectivity index (χ0n) is 20.9. The highest BCUT2D eigenvalue weighted by atomic mass is 35.5. The number of carbonyl (C=O) groups excluding carboxylic acids is 1. The monoisotopic (exact) mass is 582 g/mol. The van der Waals surface area contributed by atoms with Crippen LogP contribution in [0.1, 0.15) is 24.0 Å². The van der Waals surface area contributed by atoms with Crippen LogP contribution in [0.5, 0.6) is 0 Å². The second-order valence-corrected chi connectivity index (χ2v) is 14.3. The van der Waals surface area contributed by atoms with Crippen molar-refractivity contribution >= 4 is 43.0 Å². The van der Waals surface area contributed by atoms with Gasteiger partial charge in [-0.2, -0.15) is 0 Å². The van der Waals surface area contributed by atoms with Crippen LogP contribution in [0.4, 0.5) is 4.39 Å². The smallest absolute Gasteiger partial charge is 0.336 e. The molecule has 2 aromatic carbocycles. The van der Waals surface area contributed by atoms with Crippen molar-refractivity contribution < 1.29 is 30.8 Å². The van der Waals surface area contributed by atoms with Gasteiger partial charge in [0.1, 0.15) is 17.7 Å². The van der Waals surface area contributed by atoms with Crippen molar-refractivity contribution in [1.82, 2.24) is 4.90 Å². The molecule has 8 nitrogen and oxygen atoms in total. The van der Waals surface area contributed by atoms with Crippen molar-refractivity contribution in [3.8, 4) is 0 Å². The van der Waals surface area contributed by atoms with Crippen molar-refractivity contribution in [2.75, 3.05) is 37.5 Å². The molecule has 204 valence electrons. The van der Waals surface area contributed by atoms with Gasteiger partial charge in [0.2, 0.25) is 0 Å². The van der Waals surface area contributed by atoms with Gasteiger partial charge in [-0.15, -0.1) is 0 Å². The van der Waals surface area contributed by atoms with Crippen molar-refractivity contribution in [2.45, 2.75) is 24.6 Å². The molecule has 2 aromatic rings. The number of aliphatic imine (C=N–C) groups is 1. The fourth-order valence-corrected chi connectivity index (χ4v) is 9.49. The van der Waals surface area contributed by atoms with Crippen LogP contribution in [-0.2, 0) is 35.8 Å². The van der Waals surface area contributed by atoms with E-state index in [1.807, 2.05) is 42.3 Å². The predicted octanol–water partition coefficient (Wildman–Crippen LogP) is 3.18. The summed E-state index contributed by atoms with van der Waals surface area (Å²) in [7, 11) is -6.08. The number of carbonyl (C=O) groups is 1. The Kier molecular flexibility index (Phi) is 8.41. The molecule has 0 radical (unpaired) electrons. The molecule has 0 spiro atoms. The van der Waals surface area contributed by atoms with E-state index in [4.69, 9.17) is 16.3 Å². The van der Waals surface area contributed by atoms with Gasteiger partial charge in [0.15, 0.2) is 19.7 Å². The van der Waals surface area contributed by atoms with Gasteiger partial charge in [0.25, 0.3) is 0 Å². The van der Waals surface area contributed by atoms with Crippen LogP contribution < -0.4 is 0 Å². The Morgan fingerprint density at radius 2 is 1.82 bits per heavy atom. The minimum atomic E-state index is -4.17. The molecule has 0 aromatic heterocycles. The molecular formula is C26H28ClFN2O6S2. The number of likely N-dealkylation sites (N-methyl/N-ethyl adjacent to an activating group) is 1. The minimum Gasteiger partial charge on any atom is -0.461 e. The van der Waals surface area contributed by atoms with Gasteiger partial charge in [-0.1, -0.05) is 48.0 Å². The molecule has 0 amide bonds. The highest BCUT2D eigenvalue weighted by molar-refractivity contribution is 7.97. The summed E-state index contributed by atoms with van der Waals surface area (Å²) in [6, 6.07) is 13.6. The third-order valence-electron chi connectivity index (χ3n) is 6.61. The van der Waals surface area contributed by atoms with Gasteiger partial charge in [-0.3, -0.25) is 9.89 Å². The van der Waals surface area contributed by atoms with Crippen LogP contribution in [0.25, 0.3) is 0 Å². The molecule has 0 saturated carbocycles. The number of sulfone groups is 2. The maximum Gasteiger partial charge on any atom is 0.336 e. The van der Waals surface area contributed by atoms with E-state index in [1.165, 1.54) is 19.1 Å². The summed E-state index contributed by atoms with van der Waals surface area (Å²) in [6.07, 6.45) is 0. The van der Waals surface area contributed by atoms with E-state index in [0.717, 1.165) is 11.6 Å². The number of benzene rings is 2. The summed E-state index contributed by atoms with van der Waals surface area (Å²) in [5.41, 5.74) is 0.636. The first-order chi connectivity index (χ1) is 17.9. The number of nitrogens with zero attached hydrogens (tertiary/aromatic N) is 2. The van der Waals surface area contributed by atoms with E-state index in [2.05, 4.69) is 4.99 Å². The maximum atomic E-state index is 15.2. The summed E-state index contributed by atoms with van der Waals surface area (Å²) in [5.74, 6) is -4.95. The van der Waals surface area contributed by atoms with E-state index in [0.29, 0.717) is 13.1 Å². The van der Waals surface area contributed by atoms with Gasteiger partial charge in [0, 0.05) is 35.3 Å². The van der Waals surface area contributed by atoms with Gasteiger partial charge >= 0.3 is 5.97 Å². The van der Waals surface area contributed by atoms with Crippen LogP contribution >= 0.6 is 11.6 Å². The van der Waals surface area contributed by atoms with E-state index < -0.39 is 59.9 Å². The van der Waals surface area contributed by atoms with E-state index in [-0.39, 0.29) is 34.2 Å². The zero-order valence-corrected chi connectivity index (χ0v) is 23.3. The first-order valence-electron chi connectivity index (χ1n) is 11.9. The van der Waals surface area contributed by atoms with Gasteiger partial charge in [-0.25, -0.2) is 26.0 Å². The Bertz CT molecular complexity index is 1490. The molecule has 0 bridgehead atoms. The Hall–Kier alpha value is -2.60. The topological polar surface area (TPSA) is 110 Å². The first kappa shape index (κ1) is 28.4. The summed E-state index contributed by atoms with van der Waals surface area (Å²) >= 11 is 6.35. The average molecular weight is 583 g/mol. The van der Waals surface area contributed by atoms with Gasteiger partial charge < -0.3 is 4.74 Å². The average Bonchev–Trinajstić information content (AvgIpc) is 2.91. The molecule has 0 aliphatic carbocycles. The molecule has 2 aliphatic heterocycles. The molecule has 2 unspecified atom stereocenters. The van der Waals surface area contributed by atoms with Crippen LogP contribution in [0.3, 0.4) is 0 Å². The van der Waals surface area contributed by atoms with E-state index in [1.54, 1.807) is 0 Å². The fourth-order valence-electron chi connectivity index (χ4n) is 4.83. The number of rotatable bonds is 7. The highest BCUT2D eigenvalue weighted by Crippen LogP contribution is 2.43. The molecule has 2 heterocycles. The summed E-state index contributed by atoms with van der Waals surface area (Å²) in [4.78, 5) is 19.6. The lowest BCUT2D eigenvalue weighted by Gasteiger charge is -2.33. The lowest BCUT2D eigenvalue weighted by molar-refractivity contribution is -0.139. The van der Waals surface area contributed by atoms with Crippen molar-refractivity contribution in [1.29, 1.82) is 0 Å². The maximum absolute atomic E-state index is 15.2. The third-order valence-corrected chi connectivity index (χ3v) is 10.8. The number of allylic oxidation sites excluding steroid dienone is 1. The molecule has 2 atom stereocenters. The molecule has 1 saturated heterocycles. The lowest BCUT2D eigenvalue weighted by atomic mass is 9.83. The number of esters is 1. The van der Waals surface area contributed by atoms with E-state index in [9.17, 15) is 21.6 Å². The molecule has 0 N–H and O–H groups in total. The fraction of sp³-hybridized carbons (Fsp3) is 0.385. The molecule has 38 heavy (non-hydrogen) atoms. The molecular weight excluding hydrogens is 555 g/mol. The highest BCUT2D eigenvalue weighted by Gasteiger charge is 2.49. The number of fused-ring (bicyclic) bond motifs is 1. The van der Waals surface area contributed by atoms with Crippen LogP contribution in [0.15, 0.2) is 64.8 Å². The van der Waals surface area contributed by atoms with Gasteiger partial charge in [0.05, 0.1) is 28.5 Å². The van der Waals surface area contributed by atoms with Gasteiger partial charge in [-0.05, 0) is 31.7 Å². The minimum absolute atomic E-state index is 0.0148. The van der Waals surface area contributed by atoms with Crippen LogP contribution in [0, 0.1) is 5.82 Å². The van der Waals surface area contributed by atoms with Crippen LogP contribution in [-0.4, -0.2) is 76.1 Å². The summed E-state index contributed by atoms with van der Waals surface area (Å²) in [6.45, 7) is 2.44. The Balaban J connectivity index is 1.68. The summed E-state index contributed by atoms with van der Waals surface area (Å²) < 4.78 is 72.5. The molecule has 1 fully saturated rings. The third kappa shape index (κ3) is 6.17. The Labute approximate surface area is 227 Å². The second kappa shape index (κ2) is 11.3. The number of hydrogen-bond donors (Lipinski definition) is 0. The zero-order chi connectivity index (χ0) is 27.7. The van der Waals surface area contributed by atoms with Crippen molar-refractivity contribution in [3.05, 3.63) is 81.8 Å². The number of ether oxygens (including phenoxy) is 1. The summed E-state index contributed by atoms with van der Waals surface area (Å²) in [5, 5.41) is -1.65. The SMILES string of the molecule is CC1=C(C(=O)OCCN(C)Cc2ccccc2)C(c2c(F)cccc2Cl)C2C(=N1)CS(=O)(=O)CCS2(=O)=O. The largest absolute Gasteiger partial charge is 0.461 e. The molecule has 2 aliphatic rings. The normalized spacial score (nSPS) is 22.4. The molecule has 12 heteroatoms. The molecule has 4 rings (SSSR count). The second-order valence-electron chi connectivity index (χ2n) is 9.45. The van der Waals surface area contributed by atoms with E-state index >= 15 is 4.39 Å². The first-order valence-corrected chi connectivity index (χ1v) is 15.8. The Morgan fingerprint density at radius 1 is 1.11 bits per heavy atom.